The lowest BCUT2D eigenvalue weighted by molar-refractivity contribution is 0.831. The number of nitrogens with one attached hydrogen (secondary N) is 1. The number of anilines is 1. The molecule has 2 aromatic rings. The van der Waals surface area contributed by atoms with E-state index in [1.54, 1.807) is 0 Å². The number of nitriles is 1. The maximum absolute atomic E-state index is 9.22. The number of hydrogen-bond donors (Lipinski definition) is 1. The number of unbranched alkanes of at least 4 members (excludes halogenated alkanes) is 1. The van der Waals surface area contributed by atoms with Crippen LogP contribution in [0, 0.1) is 11.3 Å². The van der Waals surface area contributed by atoms with Crippen LogP contribution in [-0.2, 0) is 0 Å². The summed E-state index contributed by atoms with van der Waals surface area (Å²) < 4.78 is 0. The second-order valence-corrected chi connectivity index (χ2v) is 4.38. The Balaban J connectivity index is 2.24. The number of pyridine rings is 1. The predicted molar refractivity (Wildman–Crippen MR) is 77.8 cm³/mol. The first-order valence-corrected chi connectivity index (χ1v) is 6.54. The van der Waals surface area contributed by atoms with E-state index in [9.17, 15) is 5.26 Å². The number of benzene rings is 1. The molecule has 0 aliphatic heterocycles. The average molecular weight is 251 g/mol. The monoisotopic (exact) mass is 251 g/mol. The first-order valence-electron chi connectivity index (χ1n) is 6.54. The smallest absolute Gasteiger partial charge is 0.143 e. The van der Waals surface area contributed by atoms with Crippen molar-refractivity contribution in [3.8, 4) is 17.2 Å². The van der Waals surface area contributed by atoms with Crippen molar-refractivity contribution in [2.75, 3.05) is 11.9 Å². The van der Waals surface area contributed by atoms with E-state index < -0.39 is 0 Å². The topological polar surface area (TPSA) is 48.7 Å². The molecule has 0 saturated heterocycles. The van der Waals surface area contributed by atoms with E-state index in [4.69, 9.17) is 0 Å². The highest BCUT2D eigenvalue weighted by Crippen LogP contribution is 2.22. The molecule has 0 radical (unpaired) electrons. The quantitative estimate of drug-likeness (QED) is 0.821. The van der Waals surface area contributed by atoms with Gasteiger partial charge in [-0.2, -0.15) is 5.26 Å². The van der Waals surface area contributed by atoms with Crippen molar-refractivity contribution in [2.24, 2.45) is 0 Å². The normalized spacial score (nSPS) is 9.89. The molecule has 0 atom stereocenters. The Labute approximate surface area is 113 Å². The van der Waals surface area contributed by atoms with Gasteiger partial charge >= 0.3 is 0 Å². The zero-order valence-electron chi connectivity index (χ0n) is 11.1. The van der Waals surface area contributed by atoms with Crippen LogP contribution in [-0.4, -0.2) is 11.5 Å². The first-order chi connectivity index (χ1) is 9.35. The minimum atomic E-state index is 0.595. The highest BCUT2D eigenvalue weighted by molar-refractivity contribution is 5.67. The fourth-order valence-electron chi connectivity index (χ4n) is 1.86. The van der Waals surface area contributed by atoms with E-state index in [-0.39, 0.29) is 0 Å². The minimum absolute atomic E-state index is 0.595. The third kappa shape index (κ3) is 3.32. The molecule has 1 aromatic carbocycles. The predicted octanol–water partition coefficient (Wildman–Crippen LogP) is 3.83. The van der Waals surface area contributed by atoms with E-state index in [0.29, 0.717) is 11.4 Å². The van der Waals surface area contributed by atoms with Gasteiger partial charge in [0.15, 0.2) is 0 Å². The Morgan fingerprint density at radius 3 is 2.68 bits per heavy atom. The molecule has 0 bridgehead atoms. The Bertz CT molecular complexity index is 570. The summed E-state index contributed by atoms with van der Waals surface area (Å²) in [6.07, 6.45) is 4.01. The molecule has 0 aliphatic carbocycles. The molecule has 96 valence electrons. The zero-order valence-corrected chi connectivity index (χ0v) is 11.1. The van der Waals surface area contributed by atoms with Gasteiger partial charge in [-0.25, -0.2) is 4.98 Å². The van der Waals surface area contributed by atoms with Crippen molar-refractivity contribution in [1.82, 2.24) is 4.98 Å². The summed E-state index contributed by atoms with van der Waals surface area (Å²) in [5.41, 5.74) is 2.64. The lowest BCUT2D eigenvalue weighted by atomic mass is 10.1. The Hall–Kier alpha value is -2.34. The van der Waals surface area contributed by atoms with Gasteiger partial charge in [0.25, 0.3) is 0 Å². The fraction of sp³-hybridized carbons (Fsp3) is 0.250. The highest BCUT2D eigenvalue weighted by Gasteiger charge is 2.06. The molecular formula is C16H17N3. The summed E-state index contributed by atoms with van der Waals surface area (Å²) >= 11 is 0. The van der Waals surface area contributed by atoms with Crippen molar-refractivity contribution in [3.63, 3.8) is 0 Å². The number of aromatic nitrogens is 1. The van der Waals surface area contributed by atoms with Crippen LogP contribution in [0.5, 0.6) is 0 Å². The van der Waals surface area contributed by atoms with Gasteiger partial charge in [0.1, 0.15) is 11.9 Å². The summed E-state index contributed by atoms with van der Waals surface area (Å²) in [4.78, 5) is 4.36. The largest absolute Gasteiger partial charge is 0.369 e. The fourth-order valence-corrected chi connectivity index (χ4v) is 1.86. The van der Waals surface area contributed by atoms with E-state index in [1.807, 2.05) is 42.6 Å². The van der Waals surface area contributed by atoms with Crippen LogP contribution < -0.4 is 5.32 Å². The molecule has 1 aromatic heterocycles. The van der Waals surface area contributed by atoms with Crippen molar-refractivity contribution >= 4 is 5.82 Å². The van der Waals surface area contributed by atoms with E-state index in [1.165, 1.54) is 0 Å². The average Bonchev–Trinajstić information content (AvgIpc) is 2.48. The molecule has 3 heteroatoms. The molecule has 0 aliphatic rings. The molecule has 0 amide bonds. The van der Waals surface area contributed by atoms with Crippen LogP contribution in [0.25, 0.3) is 11.1 Å². The van der Waals surface area contributed by atoms with Gasteiger partial charge in [-0.15, -0.1) is 0 Å². The number of hydrogen-bond acceptors (Lipinski definition) is 3. The Morgan fingerprint density at radius 1 is 1.21 bits per heavy atom. The lowest BCUT2D eigenvalue weighted by Crippen LogP contribution is -2.05. The third-order valence-corrected chi connectivity index (χ3v) is 2.94. The van der Waals surface area contributed by atoms with Crippen molar-refractivity contribution < 1.29 is 0 Å². The minimum Gasteiger partial charge on any atom is -0.369 e. The Morgan fingerprint density at radius 2 is 2.00 bits per heavy atom. The van der Waals surface area contributed by atoms with Crippen LogP contribution in [0.15, 0.2) is 42.6 Å². The van der Waals surface area contributed by atoms with E-state index in [2.05, 4.69) is 23.3 Å². The van der Waals surface area contributed by atoms with Crippen LogP contribution in [0.3, 0.4) is 0 Å². The van der Waals surface area contributed by atoms with Gasteiger partial charge in [0, 0.05) is 18.3 Å². The van der Waals surface area contributed by atoms with Crippen molar-refractivity contribution in [3.05, 3.63) is 48.2 Å². The van der Waals surface area contributed by atoms with Crippen LogP contribution >= 0.6 is 0 Å². The van der Waals surface area contributed by atoms with Gasteiger partial charge in [0.2, 0.25) is 0 Å². The van der Waals surface area contributed by atoms with Gasteiger partial charge in [0.05, 0.1) is 5.56 Å². The number of nitrogens with zero attached hydrogens (tertiary/aromatic N) is 2. The van der Waals surface area contributed by atoms with Crippen LogP contribution in [0.2, 0.25) is 0 Å². The van der Waals surface area contributed by atoms with Gasteiger partial charge < -0.3 is 5.32 Å². The summed E-state index contributed by atoms with van der Waals surface area (Å²) in [6, 6.07) is 14.1. The van der Waals surface area contributed by atoms with Crippen LogP contribution in [0.1, 0.15) is 25.3 Å². The molecule has 1 N–H and O–H groups in total. The van der Waals surface area contributed by atoms with E-state index in [0.717, 1.165) is 30.5 Å². The summed E-state index contributed by atoms with van der Waals surface area (Å²) in [6.45, 7) is 2.99. The summed E-state index contributed by atoms with van der Waals surface area (Å²) in [5, 5.41) is 12.4. The molecule has 2 rings (SSSR count). The molecule has 0 unspecified atom stereocenters. The molecule has 1 heterocycles. The standard InChI is InChI=1S/C16H17N3/c1-2-3-9-18-16-14(11-17)10-15(12-19-16)13-7-5-4-6-8-13/h4-8,10,12H,2-3,9H2,1H3,(H,18,19). The van der Waals surface area contributed by atoms with Crippen molar-refractivity contribution in [2.45, 2.75) is 19.8 Å². The molecule has 0 fully saturated rings. The van der Waals surface area contributed by atoms with Crippen molar-refractivity contribution in [1.29, 1.82) is 5.26 Å². The van der Waals surface area contributed by atoms with Gasteiger partial charge in [-0.3, -0.25) is 0 Å². The Kier molecular flexibility index (Phi) is 4.52. The molecule has 19 heavy (non-hydrogen) atoms. The van der Waals surface area contributed by atoms with Crippen LogP contribution in [0.4, 0.5) is 5.82 Å². The molecule has 0 spiro atoms. The molecule has 0 saturated carbocycles. The maximum atomic E-state index is 9.22. The van der Waals surface area contributed by atoms with Gasteiger partial charge in [-0.05, 0) is 18.1 Å². The summed E-state index contributed by atoms with van der Waals surface area (Å²) in [5.74, 6) is 0.677. The molecular weight excluding hydrogens is 234 g/mol. The third-order valence-electron chi connectivity index (χ3n) is 2.94. The number of rotatable bonds is 5. The van der Waals surface area contributed by atoms with E-state index >= 15 is 0 Å². The zero-order chi connectivity index (χ0) is 13.5. The lowest BCUT2D eigenvalue weighted by Gasteiger charge is -2.08. The highest BCUT2D eigenvalue weighted by atomic mass is 15.0. The first kappa shape index (κ1) is 13.1. The maximum Gasteiger partial charge on any atom is 0.143 e. The summed E-state index contributed by atoms with van der Waals surface area (Å²) in [7, 11) is 0. The second-order valence-electron chi connectivity index (χ2n) is 4.38. The second kappa shape index (κ2) is 6.55. The van der Waals surface area contributed by atoms with Gasteiger partial charge in [-0.1, -0.05) is 43.7 Å². The molecule has 3 nitrogen and oxygen atoms in total. The SMILES string of the molecule is CCCCNc1ncc(-c2ccccc2)cc1C#N.